The predicted octanol–water partition coefficient (Wildman–Crippen LogP) is -0.740. The first-order chi connectivity index (χ1) is 2.41. The molecule has 0 rings (SSSR count). The molecule has 0 bridgehead atoms. The van der Waals surface area contributed by atoms with Gasteiger partial charge < -0.3 is 0 Å². The van der Waals surface area contributed by atoms with Crippen LogP contribution in [0.15, 0.2) is 0 Å². The third kappa shape index (κ3) is 1020. The summed E-state index contributed by atoms with van der Waals surface area (Å²) in [5, 5.41) is 0. The van der Waals surface area contributed by atoms with E-state index >= 15 is 0 Å². The molecule has 0 fully saturated rings. The molecule has 0 N–H and O–H groups in total. The molecule has 0 saturated heterocycles. The molecular formula is MnO3Si. The molecule has 0 saturated carbocycles. The minimum atomic E-state index is -1.42. The summed E-state index contributed by atoms with van der Waals surface area (Å²) in [7, 11) is -1.42. The summed E-state index contributed by atoms with van der Waals surface area (Å²) in [6.07, 6.45) is 0. The van der Waals surface area contributed by atoms with Crippen LogP contribution in [0.1, 0.15) is 0 Å². The molecule has 0 aliphatic carbocycles. The normalized spacial score (nSPS) is 2.40. The van der Waals surface area contributed by atoms with Gasteiger partial charge in [0.05, 0.1) is 0 Å². The third-order valence-corrected chi connectivity index (χ3v) is 0. The fraction of sp³-hybridized carbons (Fsp3) is 0. The van der Waals surface area contributed by atoms with E-state index in [9.17, 15) is 0 Å². The Morgan fingerprint density at radius 1 is 1.20 bits per heavy atom. The molecule has 5 heteroatoms. The molecule has 0 aromatic rings. The molecule has 0 aliphatic rings. The van der Waals surface area contributed by atoms with Crippen molar-refractivity contribution in [2.75, 3.05) is 0 Å². The molecule has 0 aromatic heterocycles. The summed E-state index contributed by atoms with van der Waals surface area (Å²) in [5.41, 5.74) is 0. The Morgan fingerprint density at radius 2 is 1.20 bits per heavy atom. The fourth-order valence-electron chi connectivity index (χ4n) is 0. The first kappa shape index (κ1) is 8.93. The van der Waals surface area contributed by atoms with Gasteiger partial charge in [0.1, 0.15) is 0 Å². The van der Waals surface area contributed by atoms with Crippen molar-refractivity contribution in [1.82, 2.24) is 0 Å². The van der Waals surface area contributed by atoms with E-state index in [4.69, 9.17) is 12.8 Å². The Morgan fingerprint density at radius 3 is 1.20 bits per heavy atom. The van der Waals surface area contributed by atoms with E-state index in [1.807, 2.05) is 0 Å². The predicted molar refractivity (Wildman–Crippen MR) is 7.81 cm³/mol. The van der Waals surface area contributed by atoms with Crippen LogP contribution in [0.4, 0.5) is 0 Å². The van der Waals surface area contributed by atoms with E-state index in [1.54, 1.807) is 15.9 Å². The summed E-state index contributed by atoms with van der Waals surface area (Å²) in [5.74, 6) is 0. The van der Waals surface area contributed by atoms with E-state index in [0.29, 0.717) is 0 Å². The van der Waals surface area contributed by atoms with Crippen molar-refractivity contribution in [2.45, 2.75) is 0 Å². The molecule has 0 radical (unpaired) electrons. The van der Waals surface area contributed by atoms with E-state index in [1.165, 1.54) is 0 Å². The Bertz CT molecular complexity index is 36.2. The van der Waals surface area contributed by atoms with E-state index in [-0.39, 0.29) is 0 Å². The molecule has 0 aliphatic heterocycles. The first-order valence-electron chi connectivity index (χ1n) is 0.563. The van der Waals surface area contributed by atoms with Crippen molar-refractivity contribution in [3.05, 3.63) is 0 Å². The van der Waals surface area contributed by atoms with Gasteiger partial charge in [-0.05, 0) is 0 Å². The molecule has 5 heavy (non-hydrogen) atoms. The molecule has 3 nitrogen and oxygen atoms in total. The molecular weight excluding hydrogens is 131 g/mol. The van der Waals surface area contributed by atoms with E-state index < -0.39 is 9.29 Å². The Labute approximate surface area is 38.7 Å². The second-order valence-electron chi connectivity index (χ2n) is 0.0833. The van der Waals surface area contributed by atoms with Crippen molar-refractivity contribution in [3.63, 3.8) is 0 Å². The average molecular weight is 131 g/mol. The van der Waals surface area contributed by atoms with Crippen LogP contribution in [0.25, 0.3) is 0 Å². The Kier molecular flexibility index (Phi) is 56.3. The minimum absolute atomic E-state index is 1.42. The van der Waals surface area contributed by atoms with Gasteiger partial charge in [0.15, 0.2) is 0 Å². The van der Waals surface area contributed by atoms with Gasteiger partial charge in [-0.25, -0.2) is 0 Å². The summed E-state index contributed by atoms with van der Waals surface area (Å²) < 4.78 is 24.9. The Balaban J connectivity index is 0. The fourth-order valence-corrected chi connectivity index (χ4v) is 0. The van der Waals surface area contributed by atoms with Crippen molar-refractivity contribution >= 4 is 9.29 Å². The van der Waals surface area contributed by atoms with Gasteiger partial charge in [0.25, 0.3) is 0 Å². The van der Waals surface area contributed by atoms with Crippen LogP contribution in [0.5, 0.6) is 0 Å². The maximum atomic E-state index is 8.40. The van der Waals surface area contributed by atoms with E-state index in [0.717, 1.165) is 0 Å². The summed E-state index contributed by atoms with van der Waals surface area (Å²) in [6, 6.07) is 0. The van der Waals surface area contributed by atoms with Gasteiger partial charge in [-0.3, -0.25) is 8.92 Å². The SMILES string of the molecule is O=[Si]=O.[O]=[Mn]. The molecule has 0 atom stereocenters. The van der Waals surface area contributed by atoms with Crippen molar-refractivity contribution in [2.24, 2.45) is 0 Å². The number of hydrogen-bond donors (Lipinski definition) is 0. The van der Waals surface area contributed by atoms with Crippen LogP contribution in [-0.4, -0.2) is 9.29 Å². The van der Waals surface area contributed by atoms with Gasteiger partial charge in [-0.1, -0.05) is 0 Å². The average Bonchev–Trinajstić information content (AvgIpc) is 1.46. The van der Waals surface area contributed by atoms with Crippen LogP contribution >= 0.6 is 0 Å². The first-order valence-corrected chi connectivity index (χ1v) is 1.86. The molecule has 0 heterocycles. The van der Waals surface area contributed by atoms with Crippen LogP contribution in [-0.2, 0) is 28.7 Å². The second-order valence-corrected chi connectivity index (χ2v) is 0.250. The quantitative estimate of drug-likeness (QED) is 0.407. The molecule has 0 aromatic carbocycles. The monoisotopic (exact) mass is 131 g/mol. The number of hydrogen-bond acceptors (Lipinski definition) is 3. The van der Waals surface area contributed by atoms with Crippen LogP contribution in [0, 0.1) is 0 Å². The van der Waals surface area contributed by atoms with Gasteiger partial charge in [-0.15, -0.1) is 0 Å². The molecule has 0 unspecified atom stereocenters. The van der Waals surface area contributed by atoms with Crippen LogP contribution < -0.4 is 0 Å². The molecule has 0 amide bonds. The third-order valence-electron chi connectivity index (χ3n) is 0. The van der Waals surface area contributed by atoms with Crippen LogP contribution in [0.2, 0.25) is 0 Å². The van der Waals surface area contributed by atoms with Gasteiger partial charge >= 0.3 is 29.1 Å². The summed E-state index contributed by atoms with van der Waals surface area (Å²) >= 11 is 1.69. The summed E-state index contributed by atoms with van der Waals surface area (Å²) in [4.78, 5) is 0. The van der Waals surface area contributed by atoms with Crippen molar-refractivity contribution < 1.29 is 28.7 Å². The zero-order chi connectivity index (χ0) is 4.71. The molecule has 0 spiro atoms. The van der Waals surface area contributed by atoms with Gasteiger partial charge in [-0.2, -0.15) is 0 Å². The van der Waals surface area contributed by atoms with Gasteiger partial charge in [0, 0.05) is 0 Å². The van der Waals surface area contributed by atoms with Crippen LogP contribution in [0.3, 0.4) is 0 Å². The zero-order valence-electron chi connectivity index (χ0n) is 2.10. The van der Waals surface area contributed by atoms with Crippen molar-refractivity contribution in [1.29, 1.82) is 0 Å². The van der Waals surface area contributed by atoms with E-state index in [2.05, 4.69) is 0 Å². The topological polar surface area (TPSA) is 51.2 Å². The van der Waals surface area contributed by atoms with Gasteiger partial charge in [0.2, 0.25) is 0 Å². The molecule has 29 valence electrons. The second kappa shape index (κ2) is 31.5. The standard InChI is InChI=1S/Mn.O2Si.O/c;1-3-2;. The van der Waals surface area contributed by atoms with Crippen molar-refractivity contribution in [3.8, 4) is 0 Å². The number of rotatable bonds is 0. The zero-order valence-corrected chi connectivity index (χ0v) is 4.28. The summed E-state index contributed by atoms with van der Waals surface area (Å²) in [6.45, 7) is 0. The maximum absolute atomic E-state index is 8.40. The Hall–Kier alpha value is 0.136.